The fourth-order valence-electron chi connectivity index (χ4n) is 2.16. The van der Waals surface area contributed by atoms with Crippen LogP contribution in [-0.4, -0.2) is 28.3 Å². The first-order valence-electron chi connectivity index (χ1n) is 5.91. The van der Waals surface area contributed by atoms with Crippen LogP contribution in [0.2, 0.25) is 0 Å². The lowest BCUT2D eigenvalue weighted by Gasteiger charge is -2.20. The van der Waals surface area contributed by atoms with E-state index in [1.165, 1.54) is 0 Å². The molecule has 94 valence electrons. The number of hydrogen-bond donors (Lipinski definition) is 1. The van der Waals surface area contributed by atoms with Crippen molar-refractivity contribution >= 4 is 5.97 Å². The van der Waals surface area contributed by atoms with E-state index >= 15 is 0 Å². The molecule has 6 heteroatoms. The van der Waals surface area contributed by atoms with Crippen molar-refractivity contribution in [2.45, 2.75) is 44.6 Å². The Bertz CT molecular complexity index is 396. The second-order valence-electron chi connectivity index (χ2n) is 4.48. The molecule has 1 fully saturated rings. The van der Waals surface area contributed by atoms with E-state index in [1.54, 1.807) is 6.92 Å². The second kappa shape index (κ2) is 4.83. The topological polar surface area (TPSA) is 91.2 Å². The average Bonchev–Trinajstić information content (AvgIpc) is 2.89. The number of rotatable bonds is 4. The minimum absolute atomic E-state index is 0.0246. The smallest absolute Gasteiger partial charge is 0.379 e. The third kappa shape index (κ3) is 2.82. The number of hydrogen-bond acceptors (Lipinski definition) is 6. The van der Waals surface area contributed by atoms with Gasteiger partial charge in [-0.15, -0.1) is 0 Å². The van der Waals surface area contributed by atoms with Gasteiger partial charge in [0.15, 0.2) is 0 Å². The van der Waals surface area contributed by atoms with Gasteiger partial charge in [0, 0.05) is 12.0 Å². The van der Waals surface area contributed by atoms with Gasteiger partial charge in [0.25, 0.3) is 5.82 Å². The van der Waals surface area contributed by atoms with Gasteiger partial charge in [-0.25, -0.2) is 4.79 Å². The van der Waals surface area contributed by atoms with E-state index in [9.17, 15) is 4.79 Å². The van der Waals surface area contributed by atoms with Crippen LogP contribution in [0, 0.1) is 0 Å². The summed E-state index contributed by atoms with van der Waals surface area (Å²) in [5.41, 5.74) is 5.94. The highest BCUT2D eigenvalue weighted by molar-refractivity contribution is 5.84. The first-order valence-corrected chi connectivity index (χ1v) is 5.91. The summed E-state index contributed by atoms with van der Waals surface area (Å²) in [5, 5.41) is 3.59. The maximum atomic E-state index is 11.3. The molecule has 1 aromatic heterocycles. The van der Waals surface area contributed by atoms with Crippen LogP contribution in [0.4, 0.5) is 0 Å². The van der Waals surface area contributed by atoms with Crippen LogP contribution in [0.5, 0.6) is 0 Å². The van der Waals surface area contributed by atoms with Crippen LogP contribution >= 0.6 is 0 Å². The summed E-state index contributed by atoms with van der Waals surface area (Å²) in [6.07, 6.45) is 4.72. The van der Waals surface area contributed by atoms with Crippen molar-refractivity contribution in [3.63, 3.8) is 0 Å². The highest BCUT2D eigenvalue weighted by atomic mass is 16.5. The molecule has 1 saturated carbocycles. The molecule has 0 aromatic carbocycles. The van der Waals surface area contributed by atoms with Crippen LogP contribution < -0.4 is 5.73 Å². The Labute approximate surface area is 99.5 Å². The minimum atomic E-state index is -0.556. The molecule has 2 rings (SSSR count). The summed E-state index contributed by atoms with van der Waals surface area (Å²) in [6.45, 7) is 2.02. The van der Waals surface area contributed by atoms with Crippen molar-refractivity contribution in [1.82, 2.24) is 10.1 Å². The van der Waals surface area contributed by atoms with Crippen molar-refractivity contribution in [1.29, 1.82) is 0 Å². The number of aromatic nitrogens is 2. The maximum Gasteiger partial charge on any atom is 0.379 e. The van der Waals surface area contributed by atoms with E-state index in [4.69, 9.17) is 15.0 Å². The molecule has 2 N–H and O–H groups in total. The molecule has 6 nitrogen and oxygen atoms in total. The summed E-state index contributed by atoms with van der Waals surface area (Å²) in [5.74, 6) is -0.166. The Kier molecular flexibility index (Phi) is 3.42. The number of carbonyl (C=O) groups excluding carboxylic acids is 1. The number of esters is 1. The number of carbonyl (C=O) groups is 1. The molecule has 1 aliphatic carbocycles. The normalized spacial score (nSPS) is 18.2. The zero-order valence-electron chi connectivity index (χ0n) is 9.94. The second-order valence-corrected chi connectivity index (χ2v) is 4.48. The van der Waals surface area contributed by atoms with Crippen molar-refractivity contribution in [3.8, 4) is 0 Å². The van der Waals surface area contributed by atoms with Crippen molar-refractivity contribution in [3.05, 3.63) is 11.7 Å². The van der Waals surface area contributed by atoms with Gasteiger partial charge in [0.05, 0.1) is 6.61 Å². The van der Waals surface area contributed by atoms with E-state index in [0.717, 1.165) is 25.7 Å². The van der Waals surface area contributed by atoms with Crippen LogP contribution in [-0.2, 0) is 11.2 Å². The van der Waals surface area contributed by atoms with Crippen molar-refractivity contribution in [2.75, 3.05) is 6.61 Å². The van der Waals surface area contributed by atoms with Gasteiger partial charge in [-0.05, 0) is 24.9 Å². The molecule has 0 unspecified atom stereocenters. The van der Waals surface area contributed by atoms with Crippen LogP contribution in [0.1, 0.15) is 49.1 Å². The largest absolute Gasteiger partial charge is 0.460 e. The van der Waals surface area contributed by atoms with Gasteiger partial charge in [-0.2, -0.15) is 4.98 Å². The zero-order valence-corrected chi connectivity index (χ0v) is 9.94. The Morgan fingerprint density at radius 1 is 1.53 bits per heavy atom. The molecule has 1 aliphatic rings. The van der Waals surface area contributed by atoms with E-state index in [0.29, 0.717) is 18.9 Å². The third-order valence-electron chi connectivity index (χ3n) is 3.03. The SMILES string of the molecule is CCOC(=O)c1noc(CC2(N)CCCC2)n1. The summed E-state index contributed by atoms with van der Waals surface area (Å²) < 4.78 is 9.80. The highest BCUT2D eigenvalue weighted by Crippen LogP contribution is 2.29. The Morgan fingerprint density at radius 2 is 2.24 bits per heavy atom. The van der Waals surface area contributed by atoms with Crippen LogP contribution in [0.15, 0.2) is 4.52 Å². The minimum Gasteiger partial charge on any atom is -0.460 e. The molecule has 0 aliphatic heterocycles. The first-order chi connectivity index (χ1) is 8.13. The van der Waals surface area contributed by atoms with E-state index in [-0.39, 0.29) is 11.4 Å². The van der Waals surface area contributed by atoms with E-state index in [1.807, 2.05) is 0 Å². The van der Waals surface area contributed by atoms with Gasteiger partial charge in [0.2, 0.25) is 5.89 Å². The van der Waals surface area contributed by atoms with Crippen molar-refractivity contribution < 1.29 is 14.1 Å². The lowest BCUT2D eigenvalue weighted by molar-refractivity contribution is 0.0508. The predicted octanol–water partition coefficient (Wildman–Crippen LogP) is 1.06. The van der Waals surface area contributed by atoms with Crippen molar-refractivity contribution in [2.24, 2.45) is 5.73 Å². The molecule has 0 amide bonds. The van der Waals surface area contributed by atoms with Gasteiger partial charge in [-0.1, -0.05) is 12.8 Å². The third-order valence-corrected chi connectivity index (χ3v) is 3.03. The Morgan fingerprint density at radius 3 is 2.88 bits per heavy atom. The lowest BCUT2D eigenvalue weighted by atomic mass is 9.95. The van der Waals surface area contributed by atoms with Gasteiger partial charge in [-0.3, -0.25) is 0 Å². The molecule has 0 atom stereocenters. The van der Waals surface area contributed by atoms with Crippen LogP contribution in [0.3, 0.4) is 0 Å². The molecule has 1 aromatic rings. The lowest BCUT2D eigenvalue weighted by Crippen LogP contribution is -2.38. The summed E-state index contributed by atoms with van der Waals surface area (Å²) in [6, 6.07) is 0. The highest BCUT2D eigenvalue weighted by Gasteiger charge is 2.32. The number of nitrogens with two attached hydrogens (primary N) is 1. The van der Waals surface area contributed by atoms with Gasteiger partial charge < -0.3 is 15.0 Å². The van der Waals surface area contributed by atoms with E-state index < -0.39 is 5.97 Å². The number of ether oxygens (including phenoxy) is 1. The fraction of sp³-hybridized carbons (Fsp3) is 0.727. The molecule has 0 saturated heterocycles. The molecule has 17 heavy (non-hydrogen) atoms. The summed E-state index contributed by atoms with van der Waals surface area (Å²) >= 11 is 0. The summed E-state index contributed by atoms with van der Waals surface area (Å²) in [7, 11) is 0. The Hall–Kier alpha value is -1.43. The monoisotopic (exact) mass is 239 g/mol. The molecule has 1 heterocycles. The first kappa shape index (κ1) is 12.0. The zero-order chi connectivity index (χ0) is 12.3. The summed E-state index contributed by atoms with van der Waals surface area (Å²) in [4.78, 5) is 15.3. The fourth-order valence-corrected chi connectivity index (χ4v) is 2.16. The van der Waals surface area contributed by atoms with Gasteiger partial charge in [0.1, 0.15) is 0 Å². The molecular formula is C11H17N3O3. The molecule has 0 spiro atoms. The number of nitrogens with zero attached hydrogens (tertiary/aromatic N) is 2. The maximum absolute atomic E-state index is 11.3. The molecule has 0 radical (unpaired) electrons. The molecular weight excluding hydrogens is 222 g/mol. The van der Waals surface area contributed by atoms with Crippen LogP contribution in [0.25, 0.3) is 0 Å². The van der Waals surface area contributed by atoms with E-state index in [2.05, 4.69) is 10.1 Å². The Balaban J connectivity index is 2.00. The standard InChI is InChI=1S/C11H17N3O3/c1-2-16-10(15)9-13-8(17-14-9)7-11(12)5-3-4-6-11/h2-7,12H2,1H3. The van der Waals surface area contributed by atoms with Gasteiger partial charge >= 0.3 is 5.97 Å². The average molecular weight is 239 g/mol. The quantitative estimate of drug-likeness (QED) is 0.790. The predicted molar refractivity (Wildman–Crippen MR) is 59.3 cm³/mol. The molecule has 0 bridgehead atoms.